The first-order valence-corrected chi connectivity index (χ1v) is 36.0. The Morgan fingerprint density at radius 1 is 0.265 bits per heavy atom. The molecule has 5 nitrogen and oxygen atoms in total. The number of anilines is 9. The molecule has 14 aromatic carbocycles. The number of nitrogens with zero attached hydrogens (tertiary/aromatic N) is 5. The lowest BCUT2D eigenvalue weighted by molar-refractivity contribution is 0.590. The maximum atomic E-state index is 2.72. The van der Waals surface area contributed by atoms with Crippen molar-refractivity contribution in [2.75, 3.05) is 14.7 Å². The van der Waals surface area contributed by atoms with Crippen LogP contribution in [-0.4, -0.2) is 15.8 Å². The van der Waals surface area contributed by atoms with Gasteiger partial charge in [0.2, 0.25) is 0 Å². The summed E-state index contributed by atoms with van der Waals surface area (Å²) in [5.41, 5.74) is 30.9. The first kappa shape index (κ1) is 62.4. The van der Waals surface area contributed by atoms with Gasteiger partial charge in [0.05, 0.1) is 33.4 Å². The van der Waals surface area contributed by atoms with E-state index in [1.807, 2.05) is 0 Å². The van der Waals surface area contributed by atoms with E-state index in [-0.39, 0.29) is 23.0 Å². The van der Waals surface area contributed by atoms with Crippen LogP contribution < -0.4 is 31.1 Å². The molecule has 4 heterocycles. The molecule has 0 unspecified atom stereocenters. The summed E-state index contributed by atoms with van der Waals surface area (Å²) in [7, 11) is 0. The van der Waals surface area contributed by atoms with Gasteiger partial charge in [0.1, 0.15) is 0 Å². The van der Waals surface area contributed by atoms with Crippen LogP contribution in [-0.2, 0) is 16.2 Å². The highest BCUT2D eigenvalue weighted by Crippen LogP contribution is 2.54. The zero-order valence-electron chi connectivity index (χ0n) is 59.4. The van der Waals surface area contributed by atoms with Crippen molar-refractivity contribution in [2.24, 2.45) is 0 Å². The van der Waals surface area contributed by atoms with Gasteiger partial charge < -0.3 is 23.8 Å². The minimum Gasteiger partial charge on any atom is -0.311 e. The van der Waals surface area contributed by atoms with Crippen molar-refractivity contribution in [1.82, 2.24) is 9.13 Å². The molecule has 2 aliphatic heterocycles. The van der Waals surface area contributed by atoms with Gasteiger partial charge in [-0.25, -0.2) is 0 Å². The molecule has 0 spiro atoms. The van der Waals surface area contributed by atoms with Crippen LogP contribution >= 0.6 is 0 Å². The van der Waals surface area contributed by atoms with E-state index in [0.29, 0.717) is 0 Å². The number of hydrogen-bond acceptors (Lipinski definition) is 3. The standard InChI is InChI=1S/C96H80BN5/c1-94(2,3)66-47-53-86(77(55-66)63-31-15-10-16-32-63)101-88-61-72(100-85-46-30-27-43-76(85)80-60-71(50-54-87(80)100)98(69-37-21-13-22-38-69)70-39-23-14-24-40-70)48-51-81(88)97-82-52-49-73(99-83-44-28-25-41-74(83)75-42-26-29-45-84(75)99)62-89(82)102(91-59-68(96(7,8)9)58-90(101)92(91)97)93-78(64-33-17-11-18-34-64)56-67(95(4,5)6)57-79(93)65-35-19-12-20-36-65/h10-62H,1-9H3. The molecule has 2 aromatic heterocycles. The van der Waals surface area contributed by atoms with E-state index in [2.05, 4.69) is 408 Å². The Morgan fingerprint density at radius 3 is 1.12 bits per heavy atom. The van der Waals surface area contributed by atoms with Crippen molar-refractivity contribution in [3.05, 3.63) is 338 Å². The number of benzene rings is 14. The van der Waals surface area contributed by atoms with Crippen LogP contribution in [0.4, 0.5) is 51.2 Å². The van der Waals surface area contributed by atoms with Crippen LogP contribution in [0.1, 0.15) is 79.0 Å². The molecule has 492 valence electrons. The Balaban J connectivity index is 0.971. The van der Waals surface area contributed by atoms with Gasteiger partial charge in [0.15, 0.2) is 0 Å². The molecule has 16 aromatic rings. The summed E-state index contributed by atoms with van der Waals surface area (Å²) < 4.78 is 5.01. The molecular formula is C96H80BN5. The highest BCUT2D eigenvalue weighted by molar-refractivity contribution is 7.00. The van der Waals surface area contributed by atoms with E-state index in [1.54, 1.807) is 0 Å². The van der Waals surface area contributed by atoms with Crippen LogP contribution in [0.15, 0.2) is 322 Å². The van der Waals surface area contributed by atoms with Gasteiger partial charge in [0, 0.05) is 89.4 Å². The molecule has 0 radical (unpaired) electrons. The number of para-hydroxylation sites is 5. The first-order chi connectivity index (χ1) is 49.5. The molecule has 0 amide bonds. The first-order valence-electron chi connectivity index (χ1n) is 36.0. The van der Waals surface area contributed by atoms with E-state index in [9.17, 15) is 0 Å². The van der Waals surface area contributed by atoms with Crippen molar-refractivity contribution >= 4 is 118 Å². The van der Waals surface area contributed by atoms with Gasteiger partial charge in [-0.3, -0.25) is 0 Å². The molecule has 6 heteroatoms. The minimum atomic E-state index is -0.303. The lowest BCUT2D eigenvalue weighted by Crippen LogP contribution is -2.61. The Kier molecular flexibility index (Phi) is 14.6. The quantitative estimate of drug-likeness (QED) is 0.127. The van der Waals surface area contributed by atoms with Crippen LogP contribution in [0, 0.1) is 0 Å². The Morgan fingerprint density at radius 2 is 0.647 bits per heavy atom. The predicted octanol–water partition coefficient (Wildman–Crippen LogP) is 24.3. The number of fused-ring (bicyclic) bond motifs is 10. The van der Waals surface area contributed by atoms with Crippen molar-refractivity contribution in [2.45, 2.75) is 78.6 Å². The molecule has 0 atom stereocenters. The van der Waals surface area contributed by atoms with Crippen molar-refractivity contribution in [3.63, 3.8) is 0 Å². The third-order valence-corrected chi connectivity index (χ3v) is 21.5. The van der Waals surface area contributed by atoms with Crippen LogP contribution in [0.5, 0.6) is 0 Å². The SMILES string of the molecule is CC(C)(C)c1ccc(N2c3cc(-n4c5ccccc5c5cc(N(c6ccccc6)c6ccccc6)ccc54)ccc3B3c4ccc(-n5c6ccccc6c6ccccc65)cc4N(c4c(-c5ccccc5)cc(C(C)(C)C)cc4-c4ccccc4)c4cc(C(C)(C)C)cc2c43)c(-c2ccccc2)c1. The molecule has 18 rings (SSSR count). The average Bonchev–Trinajstić information content (AvgIpc) is 0.807. The summed E-state index contributed by atoms with van der Waals surface area (Å²) in [6.07, 6.45) is 0. The topological polar surface area (TPSA) is 19.6 Å². The summed E-state index contributed by atoms with van der Waals surface area (Å²) in [5, 5.41) is 4.84. The molecule has 2 aliphatic rings. The smallest absolute Gasteiger partial charge is 0.252 e. The Hall–Kier alpha value is -11.9. The van der Waals surface area contributed by atoms with Crippen LogP contribution in [0.2, 0.25) is 0 Å². The average molecular weight is 1310 g/mol. The molecular weight excluding hydrogens is 1230 g/mol. The second kappa shape index (κ2) is 23.9. The van der Waals surface area contributed by atoms with E-state index < -0.39 is 0 Å². The van der Waals surface area contributed by atoms with E-state index in [0.717, 1.165) is 84.7 Å². The van der Waals surface area contributed by atoms with Gasteiger partial charge in [0.25, 0.3) is 6.71 Å². The van der Waals surface area contributed by atoms with Gasteiger partial charge in [-0.15, -0.1) is 0 Å². The molecule has 0 saturated carbocycles. The third-order valence-electron chi connectivity index (χ3n) is 21.5. The summed E-state index contributed by atoms with van der Waals surface area (Å²) in [6, 6.07) is 121. The summed E-state index contributed by atoms with van der Waals surface area (Å²) in [4.78, 5) is 7.77. The zero-order valence-corrected chi connectivity index (χ0v) is 59.4. The fourth-order valence-electron chi connectivity index (χ4n) is 16.4. The Labute approximate surface area is 599 Å². The summed E-state index contributed by atoms with van der Waals surface area (Å²) in [5.74, 6) is 0. The lowest BCUT2D eigenvalue weighted by Gasteiger charge is -2.46. The molecule has 102 heavy (non-hydrogen) atoms. The molecule has 0 fully saturated rings. The third kappa shape index (κ3) is 10.3. The molecule has 0 aliphatic carbocycles. The second-order valence-corrected chi connectivity index (χ2v) is 30.9. The zero-order chi connectivity index (χ0) is 69.3. The highest BCUT2D eigenvalue weighted by Gasteiger charge is 2.46. The fourth-order valence-corrected chi connectivity index (χ4v) is 16.4. The van der Waals surface area contributed by atoms with E-state index >= 15 is 0 Å². The summed E-state index contributed by atoms with van der Waals surface area (Å²) >= 11 is 0. The summed E-state index contributed by atoms with van der Waals surface area (Å²) in [6.45, 7) is 21.0. The second-order valence-electron chi connectivity index (χ2n) is 30.9. The van der Waals surface area contributed by atoms with Gasteiger partial charge >= 0.3 is 0 Å². The van der Waals surface area contributed by atoms with E-state index in [1.165, 1.54) is 87.9 Å². The van der Waals surface area contributed by atoms with Gasteiger partial charge in [-0.1, -0.05) is 263 Å². The fraction of sp³-hybridized carbons (Fsp3) is 0.125. The van der Waals surface area contributed by atoms with Gasteiger partial charge in [-0.2, -0.15) is 0 Å². The minimum absolute atomic E-state index is 0.126. The maximum absolute atomic E-state index is 2.72. The van der Waals surface area contributed by atoms with Gasteiger partial charge in [-0.05, 0) is 187 Å². The van der Waals surface area contributed by atoms with Crippen molar-refractivity contribution < 1.29 is 0 Å². The van der Waals surface area contributed by atoms with Crippen molar-refractivity contribution in [1.29, 1.82) is 0 Å². The highest BCUT2D eigenvalue weighted by atomic mass is 15.2. The van der Waals surface area contributed by atoms with Crippen molar-refractivity contribution in [3.8, 4) is 44.8 Å². The monoisotopic (exact) mass is 1310 g/mol. The number of hydrogen-bond donors (Lipinski definition) is 0. The number of aromatic nitrogens is 2. The Bertz CT molecular complexity index is 5800. The molecule has 0 bridgehead atoms. The lowest BCUT2D eigenvalue weighted by atomic mass is 9.33. The molecule has 0 N–H and O–H groups in total. The van der Waals surface area contributed by atoms with Crippen LogP contribution in [0.3, 0.4) is 0 Å². The van der Waals surface area contributed by atoms with Crippen LogP contribution in [0.25, 0.3) is 88.4 Å². The largest absolute Gasteiger partial charge is 0.311 e. The maximum Gasteiger partial charge on any atom is 0.252 e. The van der Waals surface area contributed by atoms with E-state index in [4.69, 9.17) is 0 Å². The predicted molar refractivity (Wildman–Crippen MR) is 436 cm³/mol. The normalized spacial score (nSPS) is 12.9. The molecule has 0 saturated heterocycles. The number of rotatable bonds is 10.